The van der Waals surface area contributed by atoms with Gasteiger partial charge in [0, 0.05) is 11.1 Å². The van der Waals surface area contributed by atoms with Crippen molar-refractivity contribution in [3.05, 3.63) is 34.3 Å². The third-order valence-corrected chi connectivity index (χ3v) is 3.11. The maximum atomic E-state index is 12.5. The minimum atomic E-state index is -0.437. The van der Waals surface area contributed by atoms with Crippen LogP contribution in [0.15, 0.2) is 18.6 Å². The fourth-order valence-electron chi connectivity index (χ4n) is 1.15. The zero-order valence-electron chi connectivity index (χ0n) is 8.77. The van der Waals surface area contributed by atoms with Gasteiger partial charge in [-0.25, -0.2) is 19.3 Å². The van der Waals surface area contributed by atoms with Gasteiger partial charge >= 0.3 is 0 Å². The third kappa shape index (κ3) is 2.73. The third-order valence-electron chi connectivity index (χ3n) is 1.97. The molecule has 0 aliphatic carbocycles. The van der Waals surface area contributed by atoms with Crippen LogP contribution in [0.25, 0.3) is 0 Å². The van der Waals surface area contributed by atoms with E-state index in [-0.39, 0.29) is 0 Å². The maximum absolute atomic E-state index is 12.5. The van der Waals surface area contributed by atoms with E-state index in [0.717, 1.165) is 23.8 Å². The van der Waals surface area contributed by atoms with Crippen LogP contribution < -0.4 is 5.32 Å². The molecule has 0 saturated carbocycles. The normalized spacial score (nSPS) is 10.4. The topological polar surface area (TPSA) is 50.7 Å². The molecule has 0 bridgehead atoms. The Kier molecular flexibility index (Phi) is 3.40. The molecule has 6 heteroatoms. The van der Waals surface area contributed by atoms with Crippen molar-refractivity contribution in [2.75, 3.05) is 5.32 Å². The van der Waals surface area contributed by atoms with Gasteiger partial charge in [0.05, 0.1) is 18.9 Å². The molecule has 16 heavy (non-hydrogen) atoms. The van der Waals surface area contributed by atoms with Gasteiger partial charge in [-0.15, -0.1) is 11.3 Å². The summed E-state index contributed by atoms with van der Waals surface area (Å²) in [5.41, 5.74) is 0. The Balaban J connectivity index is 1.94. The molecule has 0 aliphatic heterocycles. The molecule has 0 amide bonds. The van der Waals surface area contributed by atoms with Crippen LogP contribution in [-0.2, 0) is 13.0 Å². The Morgan fingerprint density at radius 3 is 2.62 bits per heavy atom. The smallest absolute Gasteiger partial charge is 0.223 e. The van der Waals surface area contributed by atoms with Crippen molar-refractivity contribution in [2.24, 2.45) is 0 Å². The highest BCUT2D eigenvalue weighted by Crippen LogP contribution is 2.14. The van der Waals surface area contributed by atoms with Crippen molar-refractivity contribution in [3.8, 4) is 0 Å². The number of aryl methyl sites for hydroxylation is 1. The molecular formula is C10H11FN4S. The standard InChI is InChI=1S/C10H11FN4S/c1-2-8-5-12-9(16-8)6-15-10-13-3-7(11)4-14-10/h3-5H,2,6H2,1H3,(H,13,14,15). The van der Waals surface area contributed by atoms with E-state index in [0.29, 0.717) is 12.5 Å². The quantitative estimate of drug-likeness (QED) is 0.887. The second-order valence-corrected chi connectivity index (χ2v) is 4.35. The molecule has 0 radical (unpaired) electrons. The maximum Gasteiger partial charge on any atom is 0.223 e. The van der Waals surface area contributed by atoms with Gasteiger partial charge in [-0.05, 0) is 6.42 Å². The number of hydrogen-bond donors (Lipinski definition) is 1. The molecule has 0 atom stereocenters. The molecule has 2 aromatic heterocycles. The molecule has 2 aromatic rings. The molecule has 84 valence electrons. The second-order valence-electron chi connectivity index (χ2n) is 3.15. The van der Waals surface area contributed by atoms with Crippen LogP contribution in [0.2, 0.25) is 0 Å². The predicted molar refractivity (Wildman–Crippen MR) is 60.8 cm³/mol. The first-order valence-electron chi connectivity index (χ1n) is 4.93. The second kappa shape index (κ2) is 4.98. The number of anilines is 1. The highest BCUT2D eigenvalue weighted by Gasteiger charge is 2.01. The summed E-state index contributed by atoms with van der Waals surface area (Å²) in [4.78, 5) is 13.1. The Hall–Kier alpha value is -1.56. The molecule has 0 saturated heterocycles. The SMILES string of the molecule is CCc1cnc(CNc2ncc(F)cn2)s1. The zero-order chi connectivity index (χ0) is 11.4. The van der Waals surface area contributed by atoms with Gasteiger partial charge < -0.3 is 5.32 Å². The lowest BCUT2D eigenvalue weighted by Gasteiger charge is -2.00. The molecule has 0 fully saturated rings. The van der Waals surface area contributed by atoms with Crippen LogP contribution in [0.4, 0.5) is 10.3 Å². The Morgan fingerprint density at radius 1 is 1.25 bits per heavy atom. The van der Waals surface area contributed by atoms with E-state index in [2.05, 4.69) is 27.2 Å². The minimum absolute atomic E-state index is 0.412. The number of nitrogens with one attached hydrogen (secondary N) is 1. The van der Waals surface area contributed by atoms with E-state index < -0.39 is 5.82 Å². The summed E-state index contributed by atoms with van der Waals surface area (Å²) >= 11 is 1.65. The van der Waals surface area contributed by atoms with E-state index in [9.17, 15) is 4.39 Å². The van der Waals surface area contributed by atoms with E-state index in [1.165, 1.54) is 4.88 Å². The Morgan fingerprint density at radius 2 is 2.00 bits per heavy atom. The lowest BCUT2D eigenvalue weighted by Crippen LogP contribution is -2.02. The van der Waals surface area contributed by atoms with Gasteiger partial charge in [0.15, 0.2) is 5.82 Å². The summed E-state index contributed by atoms with van der Waals surface area (Å²) in [6.45, 7) is 2.66. The van der Waals surface area contributed by atoms with Crippen LogP contribution in [0.3, 0.4) is 0 Å². The van der Waals surface area contributed by atoms with Crippen LogP contribution in [0, 0.1) is 5.82 Å². The van der Waals surface area contributed by atoms with Crippen molar-refractivity contribution in [3.63, 3.8) is 0 Å². The predicted octanol–water partition coefficient (Wildman–Crippen LogP) is 2.25. The molecule has 4 nitrogen and oxygen atoms in total. The largest absolute Gasteiger partial charge is 0.348 e. The van der Waals surface area contributed by atoms with Crippen molar-refractivity contribution in [1.29, 1.82) is 0 Å². The van der Waals surface area contributed by atoms with Crippen molar-refractivity contribution < 1.29 is 4.39 Å². The molecular weight excluding hydrogens is 227 g/mol. The minimum Gasteiger partial charge on any atom is -0.348 e. The fraction of sp³-hybridized carbons (Fsp3) is 0.300. The summed E-state index contributed by atoms with van der Waals surface area (Å²) in [6.07, 6.45) is 5.13. The van der Waals surface area contributed by atoms with Gasteiger partial charge in [-0.2, -0.15) is 0 Å². The van der Waals surface area contributed by atoms with Crippen LogP contribution in [0.5, 0.6) is 0 Å². The van der Waals surface area contributed by atoms with Gasteiger partial charge in [0.25, 0.3) is 0 Å². The summed E-state index contributed by atoms with van der Waals surface area (Å²) < 4.78 is 12.5. The van der Waals surface area contributed by atoms with E-state index in [1.54, 1.807) is 11.3 Å². The van der Waals surface area contributed by atoms with Crippen molar-refractivity contribution in [1.82, 2.24) is 15.0 Å². The van der Waals surface area contributed by atoms with Crippen molar-refractivity contribution in [2.45, 2.75) is 19.9 Å². The van der Waals surface area contributed by atoms with Crippen LogP contribution >= 0.6 is 11.3 Å². The number of aromatic nitrogens is 3. The van der Waals surface area contributed by atoms with Gasteiger partial charge in [0.1, 0.15) is 5.01 Å². The molecule has 0 unspecified atom stereocenters. The number of hydrogen-bond acceptors (Lipinski definition) is 5. The summed E-state index contributed by atoms with van der Waals surface area (Å²) in [5, 5.41) is 3.96. The number of nitrogens with zero attached hydrogens (tertiary/aromatic N) is 3. The van der Waals surface area contributed by atoms with E-state index in [4.69, 9.17) is 0 Å². The number of rotatable bonds is 4. The average molecular weight is 238 g/mol. The molecule has 0 aliphatic rings. The lowest BCUT2D eigenvalue weighted by molar-refractivity contribution is 0.614. The fourth-order valence-corrected chi connectivity index (χ4v) is 1.95. The lowest BCUT2D eigenvalue weighted by atomic mass is 10.4. The molecule has 2 heterocycles. The molecule has 2 rings (SSSR count). The highest BCUT2D eigenvalue weighted by molar-refractivity contribution is 7.11. The summed E-state index contributed by atoms with van der Waals surface area (Å²) in [7, 11) is 0. The first-order valence-corrected chi connectivity index (χ1v) is 5.74. The monoisotopic (exact) mass is 238 g/mol. The summed E-state index contributed by atoms with van der Waals surface area (Å²) in [5.74, 6) is -0.0253. The Bertz CT molecular complexity index is 454. The summed E-state index contributed by atoms with van der Waals surface area (Å²) in [6, 6.07) is 0. The van der Waals surface area contributed by atoms with Gasteiger partial charge in [0.2, 0.25) is 5.95 Å². The Labute approximate surface area is 96.6 Å². The number of thiazole rings is 1. The van der Waals surface area contributed by atoms with Crippen LogP contribution in [-0.4, -0.2) is 15.0 Å². The molecule has 0 aromatic carbocycles. The van der Waals surface area contributed by atoms with Gasteiger partial charge in [-0.1, -0.05) is 6.92 Å². The average Bonchev–Trinajstić information content (AvgIpc) is 2.76. The zero-order valence-corrected chi connectivity index (χ0v) is 9.59. The molecule has 0 spiro atoms. The van der Waals surface area contributed by atoms with Crippen LogP contribution in [0.1, 0.15) is 16.8 Å². The van der Waals surface area contributed by atoms with E-state index in [1.807, 2.05) is 6.20 Å². The first-order chi connectivity index (χ1) is 7.78. The first kappa shape index (κ1) is 10.9. The van der Waals surface area contributed by atoms with Gasteiger partial charge in [-0.3, -0.25) is 0 Å². The molecule has 1 N–H and O–H groups in total. The van der Waals surface area contributed by atoms with Crippen molar-refractivity contribution >= 4 is 17.3 Å². The number of halogens is 1. The van der Waals surface area contributed by atoms with E-state index >= 15 is 0 Å². The highest BCUT2D eigenvalue weighted by atomic mass is 32.1.